The van der Waals surface area contributed by atoms with E-state index in [1.54, 1.807) is 0 Å². The number of aryl methyl sites for hydroxylation is 6. The summed E-state index contributed by atoms with van der Waals surface area (Å²) < 4.78 is 14.0. The molecule has 28 aromatic rings. The summed E-state index contributed by atoms with van der Waals surface area (Å²) in [6.07, 6.45) is 0. The first-order valence-electron chi connectivity index (χ1n) is 49.6. The molecule has 0 saturated heterocycles. The molecule has 28 rings (SSSR count). The summed E-state index contributed by atoms with van der Waals surface area (Å²) in [5.41, 5.74) is 40.1. The Morgan fingerprint density at radius 2 is 0.292 bits per heavy atom. The van der Waals surface area contributed by atoms with Gasteiger partial charge in [0.05, 0.1) is 44.1 Å². The Hall–Kier alpha value is -18.4. The van der Waals surface area contributed by atoms with Crippen LogP contribution in [-0.4, -0.2) is 27.4 Å². The van der Waals surface area contributed by atoms with Crippen molar-refractivity contribution in [3.63, 3.8) is 0 Å². The van der Waals surface area contributed by atoms with Gasteiger partial charge in [-0.1, -0.05) is 393 Å². The van der Waals surface area contributed by atoms with Gasteiger partial charge in [-0.2, -0.15) is 0 Å². The average molecular weight is 1850 g/mol. The van der Waals surface area contributed by atoms with Crippen LogP contribution in [0.1, 0.15) is 22.3 Å². The number of hydrogen-bond acceptors (Lipinski definition) is 0. The second-order valence-electron chi connectivity index (χ2n) is 37.5. The van der Waals surface area contributed by atoms with Crippen LogP contribution < -0.4 is 0 Å². The minimum Gasteiger partial charge on any atom is -0.344 e. The third-order valence-electron chi connectivity index (χ3n) is 28.3. The van der Waals surface area contributed by atoms with Crippen molar-refractivity contribution >= 4 is 131 Å². The first kappa shape index (κ1) is 89.5. The number of benzene rings is 22. The van der Waals surface area contributed by atoms with E-state index in [1.807, 2.05) is 0 Å². The second kappa shape index (κ2) is 39.5. The molecule has 0 amide bonds. The molecule has 0 aliphatic carbocycles. The fourth-order valence-electron chi connectivity index (χ4n) is 21.0. The topological polar surface area (TPSA) is 29.6 Å². The predicted molar refractivity (Wildman–Crippen MR) is 616 cm³/mol. The first-order valence-corrected chi connectivity index (χ1v) is 49.6. The molecular formula is C138H106N6. The van der Waals surface area contributed by atoms with Crippen molar-refractivity contribution in [1.82, 2.24) is 27.4 Å². The zero-order valence-corrected chi connectivity index (χ0v) is 81.5. The summed E-state index contributed by atoms with van der Waals surface area (Å²) >= 11 is 0. The van der Waals surface area contributed by atoms with E-state index in [2.05, 4.69) is 603 Å². The summed E-state index contributed by atoms with van der Waals surface area (Å²) in [4.78, 5) is 0. The highest BCUT2D eigenvalue weighted by atomic mass is 15.0. The molecule has 688 valence electrons. The van der Waals surface area contributed by atoms with Crippen molar-refractivity contribution in [2.24, 2.45) is 14.1 Å². The van der Waals surface area contributed by atoms with Gasteiger partial charge in [0.1, 0.15) is 0 Å². The van der Waals surface area contributed by atoms with Crippen LogP contribution in [0.5, 0.6) is 0 Å². The van der Waals surface area contributed by atoms with Gasteiger partial charge < -0.3 is 27.4 Å². The summed E-state index contributed by atoms with van der Waals surface area (Å²) in [6, 6.07) is 191. The summed E-state index contributed by atoms with van der Waals surface area (Å²) in [5, 5.41) is 15.6. The maximum Gasteiger partial charge on any atom is 0.0541 e. The Balaban J connectivity index is 0.0000000965. The lowest BCUT2D eigenvalue weighted by Crippen LogP contribution is -1.93. The second-order valence-corrected chi connectivity index (χ2v) is 37.5. The molecule has 0 aliphatic heterocycles. The van der Waals surface area contributed by atoms with Crippen molar-refractivity contribution in [2.45, 2.75) is 27.7 Å². The van der Waals surface area contributed by atoms with Crippen molar-refractivity contribution in [3.8, 4) is 89.5 Å². The molecule has 0 saturated carbocycles. The molecule has 0 fully saturated rings. The zero-order chi connectivity index (χ0) is 97.1. The quantitative estimate of drug-likeness (QED) is 0.131. The van der Waals surface area contributed by atoms with Crippen LogP contribution in [0.4, 0.5) is 0 Å². The van der Waals surface area contributed by atoms with Gasteiger partial charge in [0, 0.05) is 124 Å². The number of fused-ring (bicyclic) bond motifs is 18. The van der Waals surface area contributed by atoms with E-state index < -0.39 is 0 Å². The van der Waals surface area contributed by atoms with Gasteiger partial charge in [-0.3, -0.25) is 0 Å². The van der Waals surface area contributed by atoms with Crippen molar-refractivity contribution < 1.29 is 0 Å². The lowest BCUT2D eigenvalue weighted by atomic mass is 10.0. The van der Waals surface area contributed by atoms with Gasteiger partial charge in [0.2, 0.25) is 0 Å². The molecule has 0 N–H and O–H groups in total. The minimum absolute atomic E-state index is 1.19. The van der Waals surface area contributed by atoms with Gasteiger partial charge in [-0.25, -0.2) is 0 Å². The van der Waals surface area contributed by atoms with Crippen molar-refractivity contribution in [1.29, 1.82) is 0 Å². The van der Waals surface area contributed by atoms with Gasteiger partial charge in [-0.05, 0) is 258 Å². The standard InChI is InChI=1S/C31H23N.2C25H19N.3C19H15N/c1-22-12-16-27(17-13-22)32-30-18-14-25(23-8-4-2-5-9-23)20-28(30)29-21-26(15-19-31(29)32)24-10-6-3-7-11-24;1-26-24-14-12-20(18-8-4-2-5-9-18)16-22(24)23-17-21(13-15-25(23)26)19-10-6-3-7-11-19;1-18-11-14-21(15-12-18)26-24-10-6-5-9-22(24)23-17-20(13-16-25(23)26)19-7-3-2-4-8-19;1-14-7-6-8-15(13-14)20-18-11-4-2-9-16(18)17-10-3-5-12-19(17)20;1-14-10-12-15(13-11-14)20-18-8-4-2-6-16(18)17-7-3-5-9-19(17)20;1-20-18-10-6-5-9-16(18)17-13-15(11-12-19(17)20)14-7-3-2-4-8-14/h2-21H,1H3;2*2-17H,1H3;3*2-13H,1H3. The number of rotatable bonds is 10. The molecule has 22 aromatic carbocycles. The van der Waals surface area contributed by atoms with E-state index in [1.165, 1.54) is 243 Å². The first-order chi connectivity index (χ1) is 70.9. The molecule has 0 spiro atoms. The molecule has 6 heteroatoms. The van der Waals surface area contributed by atoms with Crippen LogP contribution in [-0.2, 0) is 14.1 Å². The smallest absolute Gasteiger partial charge is 0.0541 e. The Bertz CT molecular complexity index is 9210. The van der Waals surface area contributed by atoms with Gasteiger partial charge in [0.15, 0.2) is 0 Å². The lowest BCUT2D eigenvalue weighted by molar-refractivity contribution is 1.01. The van der Waals surface area contributed by atoms with Crippen LogP contribution in [0.15, 0.2) is 534 Å². The molecular weight excluding hydrogens is 1740 g/mol. The lowest BCUT2D eigenvalue weighted by Gasteiger charge is -2.09. The van der Waals surface area contributed by atoms with Crippen molar-refractivity contribution in [2.75, 3.05) is 0 Å². The molecule has 0 unspecified atom stereocenters. The van der Waals surface area contributed by atoms with E-state index in [0.717, 1.165) is 0 Å². The molecule has 0 bridgehead atoms. The number of aromatic nitrogens is 6. The van der Waals surface area contributed by atoms with E-state index in [9.17, 15) is 0 Å². The van der Waals surface area contributed by atoms with Crippen LogP contribution in [0.2, 0.25) is 0 Å². The SMILES string of the molecule is Cc1ccc(-n2c3ccc(-c4ccccc4)cc3c3cc(-c4ccccc4)ccc32)cc1.Cc1ccc(-n2c3ccccc3c3cc(-c4ccccc4)ccc32)cc1.Cc1ccc(-n2c3ccccc3c3ccccc32)cc1.Cc1cccc(-n2c3ccccc3c3ccccc32)c1.Cn1c2ccc(-c3ccccc3)cc2c2cc(-c3ccccc3)ccc21.Cn1c2ccccc2c2cc(-c3ccccc3)ccc21. The largest absolute Gasteiger partial charge is 0.344 e. The number of hydrogen-bond donors (Lipinski definition) is 0. The van der Waals surface area contributed by atoms with E-state index >= 15 is 0 Å². The highest BCUT2D eigenvalue weighted by Crippen LogP contribution is 2.43. The fraction of sp³-hybridized carbons (Fsp3) is 0.0435. The molecule has 0 aliphatic rings. The molecule has 6 aromatic heterocycles. The number of nitrogens with zero attached hydrogens (tertiary/aromatic N) is 6. The van der Waals surface area contributed by atoms with Crippen LogP contribution in [0, 0.1) is 27.7 Å². The maximum atomic E-state index is 2.38. The molecule has 0 radical (unpaired) electrons. The van der Waals surface area contributed by atoms with Gasteiger partial charge in [0.25, 0.3) is 0 Å². The van der Waals surface area contributed by atoms with E-state index in [0.29, 0.717) is 0 Å². The molecule has 0 atom stereocenters. The Morgan fingerprint density at radius 1 is 0.111 bits per heavy atom. The van der Waals surface area contributed by atoms with Crippen LogP contribution in [0.3, 0.4) is 0 Å². The highest BCUT2D eigenvalue weighted by Gasteiger charge is 2.21. The minimum atomic E-state index is 1.19. The fourth-order valence-corrected chi connectivity index (χ4v) is 21.0. The Kier molecular flexibility index (Phi) is 24.6. The summed E-state index contributed by atoms with van der Waals surface area (Å²) in [6.45, 7) is 8.52. The zero-order valence-electron chi connectivity index (χ0n) is 81.5. The number of para-hydroxylation sites is 6. The van der Waals surface area contributed by atoms with Crippen LogP contribution in [0.25, 0.3) is 220 Å². The monoisotopic (exact) mass is 1850 g/mol. The third-order valence-corrected chi connectivity index (χ3v) is 28.3. The highest BCUT2D eigenvalue weighted by molar-refractivity contribution is 6.16. The van der Waals surface area contributed by atoms with E-state index in [4.69, 9.17) is 0 Å². The molecule has 6 nitrogen and oxygen atoms in total. The Morgan fingerprint density at radius 3 is 0.549 bits per heavy atom. The molecule has 6 heterocycles. The Labute approximate surface area is 839 Å². The van der Waals surface area contributed by atoms with Crippen LogP contribution >= 0.6 is 0 Å². The average Bonchev–Trinajstić information content (AvgIpc) is 1.58. The summed E-state index contributed by atoms with van der Waals surface area (Å²) in [7, 11) is 4.28. The normalized spacial score (nSPS) is 11.3. The van der Waals surface area contributed by atoms with E-state index in [-0.39, 0.29) is 0 Å². The summed E-state index contributed by atoms with van der Waals surface area (Å²) in [5.74, 6) is 0. The predicted octanol–water partition coefficient (Wildman–Crippen LogP) is 37.0. The third kappa shape index (κ3) is 17.5. The maximum absolute atomic E-state index is 2.38. The van der Waals surface area contributed by atoms with Gasteiger partial charge >= 0.3 is 0 Å². The molecule has 144 heavy (non-hydrogen) atoms. The van der Waals surface area contributed by atoms with Crippen molar-refractivity contribution in [3.05, 3.63) is 556 Å². The van der Waals surface area contributed by atoms with Gasteiger partial charge in [-0.15, -0.1) is 0 Å².